The molecule has 29 heavy (non-hydrogen) atoms. The standard InChI is InChI=1S/C19H18ClN5O4/c1-27-9-7-24-15-11(20)4-2-5-12(15)25-10-21-14(16(25)19(24)26)18-22-17(23-29-18)13-6-3-8-28-13/h2,4-5,10,13H,3,6-9H2,1H3. The van der Waals surface area contributed by atoms with E-state index < -0.39 is 0 Å². The minimum absolute atomic E-state index is 0.181. The molecule has 10 heteroatoms. The predicted octanol–water partition coefficient (Wildman–Crippen LogP) is 2.85. The molecule has 9 nitrogen and oxygen atoms in total. The lowest BCUT2D eigenvalue weighted by molar-refractivity contribution is 0.103. The number of fused-ring (bicyclic) bond motifs is 3. The molecule has 0 saturated carbocycles. The van der Waals surface area contributed by atoms with E-state index in [2.05, 4.69) is 15.1 Å². The van der Waals surface area contributed by atoms with Gasteiger partial charge in [-0.05, 0) is 25.0 Å². The Labute approximate surface area is 169 Å². The van der Waals surface area contributed by atoms with Gasteiger partial charge >= 0.3 is 0 Å². The molecule has 150 valence electrons. The number of imidazole rings is 1. The number of aromatic nitrogens is 5. The van der Waals surface area contributed by atoms with Gasteiger partial charge in [-0.15, -0.1) is 0 Å². The van der Waals surface area contributed by atoms with Gasteiger partial charge in [0.25, 0.3) is 11.4 Å². The number of hydrogen-bond acceptors (Lipinski definition) is 7. The number of halogens is 1. The van der Waals surface area contributed by atoms with E-state index in [-0.39, 0.29) is 17.6 Å². The highest BCUT2D eigenvalue weighted by Crippen LogP contribution is 2.30. The molecule has 1 unspecified atom stereocenters. The molecule has 1 fully saturated rings. The van der Waals surface area contributed by atoms with Crippen LogP contribution in [-0.4, -0.2) is 44.4 Å². The summed E-state index contributed by atoms with van der Waals surface area (Å²) in [5.41, 5.74) is 1.80. The number of para-hydroxylation sites is 1. The molecular formula is C19H18ClN5O4. The average molecular weight is 416 g/mol. The van der Waals surface area contributed by atoms with Gasteiger partial charge in [0.05, 0.1) is 22.7 Å². The highest BCUT2D eigenvalue weighted by Gasteiger charge is 2.26. The third-order valence-electron chi connectivity index (χ3n) is 5.09. The molecule has 3 aromatic heterocycles. The second kappa shape index (κ2) is 7.25. The summed E-state index contributed by atoms with van der Waals surface area (Å²) >= 11 is 6.42. The molecule has 0 N–H and O–H groups in total. The third-order valence-corrected chi connectivity index (χ3v) is 5.40. The van der Waals surface area contributed by atoms with Crippen LogP contribution >= 0.6 is 11.6 Å². The molecule has 1 saturated heterocycles. The summed E-state index contributed by atoms with van der Waals surface area (Å²) in [4.78, 5) is 22.2. The van der Waals surface area contributed by atoms with Gasteiger partial charge in [0.1, 0.15) is 17.9 Å². The Morgan fingerprint density at radius 1 is 1.34 bits per heavy atom. The molecule has 5 rings (SSSR count). The molecule has 0 amide bonds. The van der Waals surface area contributed by atoms with Crippen molar-refractivity contribution in [2.45, 2.75) is 25.5 Å². The van der Waals surface area contributed by atoms with E-state index in [4.69, 9.17) is 25.6 Å². The first-order chi connectivity index (χ1) is 14.2. The Morgan fingerprint density at radius 2 is 2.24 bits per heavy atom. The van der Waals surface area contributed by atoms with E-state index >= 15 is 0 Å². The van der Waals surface area contributed by atoms with Crippen molar-refractivity contribution in [2.75, 3.05) is 20.3 Å². The van der Waals surface area contributed by atoms with E-state index in [0.717, 1.165) is 18.4 Å². The minimum Gasteiger partial charge on any atom is -0.383 e. The van der Waals surface area contributed by atoms with Gasteiger partial charge in [-0.1, -0.05) is 22.8 Å². The van der Waals surface area contributed by atoms with Gasteiger partial charge in [0.2, 0.25) is 5.82 Å². The summed E-state index contributed by atoms with van der Waals surface area (Å²) < 4.78 is 19.5. The largest absolute Gasteiger partial charge is 0.383 e. The number of benzene rings is 1. The van der Waals surface area contributed by atoms with Gasteiger partial charge in [-0.3, -0.25) is 9.20 Å². The predicted molar refractivity (Wildman–Crippen MR) is 105 cm³/mol. The lowest BCUT2D eigenvalue weighted by Crippen LogP contribution is -2.25. The van der Waals surface area contributed by atoms with Crippen molar-refractivity contribution in [3.8, 4) is 11.6 Å². The lowest BCUT2D eigenvalue weighted by atomic mass is 10.2. The van der Waals surface area contributed by atoms with E-state index in [1.807, 2.05) is 12.1 Å². The molecule has 1 aromatic carbocycles. The Morgan fingerprint density at radius 3 is 3.03 bits per heavy atom. The summed E-state index contributed by atoms with van der Waals surface area (Å²) in [7, 11) is 1.59. The molecular weight excluding hydrogens is 398 g/mol. The molecule has 0 bridgehead atoms. The van der Waals surface area contributed by atoms with Crippen LogP contribution in [0.5, 0.6) is 0 Å². The van der Waals surface area contributed by atoms with Crippen LogP contribution in [-0.2, 0) is 16.0 Å². The smallest absolute Gasteiger partial charge is 0.279 e. The molecule has 4 heterocycles. The molecule has 4 aromatic rings. The van der Waals surface area contributed by atoms with Crippen molar-refractivity contribution in [1.29, 1.82) is 0 Å². The number of hydrogen-bond donors (Lipinski definition) is 0. The number of methoxy groups -OCH3 is 1. The van der Waals surface area contributed by atoms with Gasteiger partial charge in [-0.25, -0.2) is 4.98 Å². The number of rotatable bonds is 5. The van der Waals surface area contributed by atoms with E-state index in [9.17, 15) is 4.79 Å². The zero-order valence-corrected chi connectivity index (χ0v) is 16.4. The summed E-state index contributed by atoms with van der Waals surface area (Å²) in [6.45, 7) is 1.39. The maximum absolute atomic E-state index is 13.4. The first-order valence-electron chi connectivity index (χ1n) is 9.31. The quantitative estimate of drug-likeness (QED) is 0.494. The molecule has 1 atom stereocenters. The van der Waals surface area contributed by atoms with Gasteiger partial charge < -0.3 is 18.6 Å². The molecule has 0 radical (unpaired) electrons. The minimum atomic E-state index is -0.257. The Hall–Kier alpha value is -2.75. The maximum Gasteiger partial charge on any atom is 0.279 e. The first-order valence-corrected chi connectivity index (χ1v) is 9.69. The summed E-state index contributed by atoms with van der Waals surface area (Å²) in [6.07, 6.45) is 3.19. The van der Waals surface area contributed by atoms with Gasteiger partial charge in [0.15, 0.2) is 5.69 Å². The van der Waals surface area contributed by atoms with Crippen molar-refractivity contribution < 1.29 is 14.0 Å². The van der Waals surface area contributed by atoms with Crippen molar-refractivity contribution in [3.63, 3.8) is 0 Å². The molecule has 1 aliphatic heterocycles. The normalized spacial score (nSPS) is 17.0. The fourth-order valence-corrected chi connectivity index (χ4v) is 4.00. The highest BCUT2D eigenvalue weighted by atomic mass is 35.5. The molecule has 0 spiro atoms. The second-order valence-electron chi connectivity index (χ2n) is 6.83. The monoisotopic (exact) mass is 415 g/mol. The van der Waals surface area contributed by atoms with Crippen LogP contribution in [0.15, 0.2) is 33.8 Å². The number of ether oxygens (including phenoxy) is 2. The Bertz CT molecular complexity index is 1250. The summed E-state index contributed by atoms with van der Waals surface area (Å²) in [6, 6.07) is 5.47. The highest BCUT2D eigenvalue weighted by molar-refractivity contribution is 6.35. The zero-order chi connectivity index (χ0) is 20.0. The summed E-state index contributed by atoms with van der Waals surface area (Å²) in [5.74, 6) is 0.664. The first kappa shape index (κ1) is 18.3. The Balaban J connectivity index is 1.73. The maximum atomic E-state index is 13.4. The van der Waals surface area contributed by atoms with Crippen LogP contribution in [0.25, 0.3) is 28.1 Å². The molecule has 0 aliphatic carbocycles. The molecule has 1 aliphatic rings. The van der Waals surface area contributed by atoms with Crippen molar-refractivity contribution in [2.24, 2.45) is 0 Å². The van der Waals surface area contributed by atoms with E-state index in [0.29, 0.717) is 47.3 Å². The van der Waals surface area contributed by atoms with Crippen LogP contribution < -0.4 is 5.56 Å². The average Bonchev–Trinajstić information content (AvgIpc) is 3.47. The van der Waals surface area contributed by atoms with Crippen LogP contribution in [0.3, 0.4) is 0 Å². The van der Waals surface area contributed by atoms with E-state index in [1.54, 1.807) is 28.5 Å². The number of nitrogens with zero attached hydrogens (tertiary/aromatic N) is 5. The third kappa shape index (κ3) is 2.93. The fourth-order valence-electron chi connectivity index (χ4n) is 3.73. The fraction of sp³-hybridized carbons (Fsp3) is 0.368. The van der Waals surface area contributed by atoms with Crippen LogP contribution in [0.1, 0.15) is 24.8 Å². The van der Waals surface area contributed by atoms with Crippen molar-refractivity contribution in [1.82, 2.24) is 24.1 Å². The van der Waals surface area contributed by atoms with Crippen LogP contribution in [0, 0.1) is 0 Å². The lowest BCUT2D eigenvalue weighted by Gasteiger charge is -2.13. The van der Waals surface area contributed by atoms with E-state index in [1.165, 1.54) is 0 Å². The van der Waals surface area contributed by atoms with Crippen molar-refractivity contribution in [3.05, 3.63) is 45.7 Å². The summed E-state index contributed by atoms with van der Waals surface area (Å²) in [5, 5.41) is 4.51. The Kier molecular flexibility index (Phi) is 4.57. The second-order valence-corrected chi connectivity index (χ2v) is 7.24. The van der Waals surface area contributed by atoms with Crippen LogP contribution in [0.2, 0.25) is 5.02 Å². The van der Waals surface area contributed by atoms with Crippen molar-refractivity contribution >= 4 is 28.2 Å². The topological polar surface area (TPSA) is 96.7 Å². The SMILES string of the molecule is COCCn1c(=O)c2c(-c3nc(C4CCCO4)no3)ncn2c2cccc(Cl)c21. The van der Waals surface area contributed by atoms with Gasteiger partial charge in [0, 0.05) is 20.3 Å². The van der Waals surface area contributed by atoms with Crippen LogP contribution in [0.4, 0.5) is 0 Å². The zero-order valence-electron chi connectivity index (χ0n) is 15.7. The van der Waals surface area contributed by atoms with Gasteiger partial charge in [-0.2, -0.15) is 4.98 Å².